The molecule has 0 spiro atoms. The van der Waals surface area contributed by atoms with Crippen molar-refractivity contribution < 1.29 is 0 Å². The zero-order valence-electron chi connectivity index (χ0n) is 15.2. The zero-order chi connectivity index (χ0) is 18.6. The van der Waals surface area contributed by atoms with E-state index in [-0.39, 0.29) is 0 Å². The highest BCUT2D eigenvalue weighted by Crippen LogP contribution is 2.41. The molecule has 0 saturated heterocycles. The molecule has 3 aromatic heterocycles. The van der Waals surface area contributed by atoms with E-state index in [0.29, 0.717) is 0 Å². The quantitative estimate of drug-likeness (QED) is 0.247. The third-order valence-corrected chi connectivity index (χ3v) is 6.34. The van der Waals surface area contributed by atoms with Gasteiger partial charge in [-0.1, -0.05) is 41.9 Å². The van der Waals surface area contributed by atoms with Crippen LogP contribution in [0.2, 0.25) is 5.02 Å². The lowest BCUT2D eigenvalue weighted by Crippen LogP contribution is -1.97. The molecule has 7 rings (SSSR count). The van der Waals surface area contributed by atoms with Crippen LogP contribution in [-0.2, 0) is 0 Å². The Morgan fingerprint density at radius 1 is 0.571 bits per heavy atom. The Labute approximate surface area is 165 Å². The van der Waals surface area contributed by atoms with Gasteiger partial charge in [0.15, 0.2) is 0 Å². The Kier molecular flexibility index (Phi) is 2.52. The molecule has 0 aliphatic carbocycles. The SMILES string of the molecule is Cc1cc2c3cc(Cl)ccc3n3c4cccc5c6ccccc6n(c(c1)c23)c54. The maximum Gasteiger partial charge on any atom is 0.0783 e. The van der Waals surface area contributed by atoms with Crippen LogP contribution < -0.4 is 0 Å². The van der Waals surface area contributed by atoms with Crippen LogP contribution in [0.5, 0.6) is 0 Å². The summed E-state index contributed by atoms with van der Waals surface area (Å²) in [5.41, 5.74) is 8.72. The molecular formula is C25H15ClN2. The number of benzene rings is 4. The molecule has 0 radical (unpaired) electrons. The maximum absolute atomic E-state index is 6.38. The number of para-hydroxylation sites is 2. The van der Waals surface area contributed by atoms with Crippen molar-refractivity contribution in [3.8, 4) is 0 Å². The first kappa shape index (κ1) is 14.8. The molecule has 2 nitrogen and oxygen atoms in total. The van der Waals surface area contributed by atoms with Gasteiger partial charge in [0.05, 0.1) is 33.1 Å². The number of hydrogen-bond donors (Lipinski definition) is 0. The predicted molar refractivity (Wildman–Crippen MR) is 119 cm³/mol. The van der Waals surface area contributed by atoms with Crippen molar-refractivity contribution in [2.45, 2.75) is 6.92 Å². The molecule has 0 N–H and O–H groups in total. The first-order valence-electron chi connectivity index (χ1n) is 9.49. The average molecular weight is 379 g/mol. The summed E-state index contributed by atoms with van der Waals surface area (Å²) in [4.78, 5) is 0. The number of aryl methyl sites for hydroxylation is 1. The van der Waals surface area contributed by atoms with E-state index in [1.807, 2.05) is 6.07 Å². The van der Waals surface area contributed by atoms with Gasteiger partial charge < -0.3 is 8.80 Å². The second-order valence-corrected chi connectivity index (χ2v) is 8.14. The molecule has 0 unspecified atom stereocenters. The van der Waals surface area contributed by atoms with Gasteiger partial charge in [-0.3, -0.25) is 0 Å². The van der Waals surface area contributed by atoms with Crippen LogP contribution in [0.3, 0.4) is 0 Å². The Morgan fingerprint density at radius 3 is 2.21 bits per heavy atom. The fourth-order valence-corrected chi connectivity index (χ4v) is 5.26. The second kappa shape index (κ2) is 4.78. The van der Waals surface area contributed by atoms with Gasteiger partial charge >= 0.3 is 0 Å². The van der Waals surface area contributed by atoms with Crippen LogP contribution in [0.1, 0.15) is 5.56 Å². The number of rotatable bonds is 0. The van der Waals surface area contributed by atoms with Crippen molar-refractivity contribution in [1.82, 2.24) is 8.80 Å². The minimum Gasteiger partial charge on any atom is -0.305 e. The molecule has 0 atom stereocenters. The molecular weight excluding hydrogens is 364 g/mol. The van der Waals surface area contributed by atoms with Crippen molar-refractivity contribution in [1.29, 1.82) is 0 Å². The lowest BCUT2D eigenvalue weighted by atomic mass is 10.1. The van der Waals surface area contributed by atoms with Gasteiger partial charge in [-0.25, -0.2) is 0 Å². The lowest BCUT2D eigenvalue weighted by Gasteiger charge is -2.12. The fourth-order valence-electron chi connectivity index (χ4n) is 5.09. The maximum atomic E-state index is 6.38. The van der Waals surface area contributed by atoms with Crippen LogP contribution in [0, 0.1) is 6.92 Å². The van der Waals surface area contributed by atoms with E-state index >= 15 is 0 Å². The van der Waals surface area contributed by atoms with Gasteiger partial charge in [-0.2, -0.15) is 0 Å². The Hall–Kier alpha value is -3.23. The minimum atomic E-state index is 0.775. The molecule has 7 aromatic rings. The second-order valence-electron chi connectivity index (χ2n) is 7.70. The van der Waals surface area contributed by atoms with E-state index in [2.05, 4.69) is 82.5 Å². The van der Waals surface area contributed by atoms with Crippen molar-refractivity contribution >= 4 is 66.2 Å². The molecule has 0 fully saturated rings. The summed E-state index contributed by atoms with van der Waals surface area (Å²) >= 11 is 6.38. The molecule has 0 saturated carbocycles. The molecule has 4 aromatic carbocycles. The van der Waals surface area contributed by atoms with Crippen molar-refractivity contribution in [3.63, 3.8) is 0 Å². The molecule has 28 heavy (non-hydrogen) atoms. The van der Waals surface area contributed by atoms with Crippen molar-refractivity contribution in [3.05, 3.63) is 83.4 Å². The van der Waals surface area contributed by atoms with Gasteiger partial charge in [0.2, 0.25) is 0 Å². The number of halogens is 1. The molecule has 132 valence electrons. The topological polar surface area (TPSA) is 8.82 Å². The van der Waals surface area contributed by atoms with E-state index in [1.165, 1.54) is 60.2 Å². The summed E-state index contributed by atoms with van der Waals surface area (Å²) in [6, 6.07) is 26.2. The molecule has 0 aliphatic heterocycles. The highest BCUT2D eigenvalue weighted by molar-refractivity contribution is 6.32. The number of hydrogen-bond acceptors (Lipinski definition) is 0. The highest BCUT2D eigenvalue weighted by atomic mass is 35.5. The molecule has 3 heteroatoms. The Bertz CT molecular complexity index is 1730. The van der Waals surface area contributed by atoms with E-state index in [0.717, 1.165) is 5.02 Å². The number of nitrogens with zero attached hydrogens (tertiary/aromatic N) is 2. The van der Waals surface area contributed by atoms with Gasteiger partial charge in [-0.15, -0.1) is 0 Å². The van der Waals surface area contributed by atoms with Gasteiger partial charge in [-0.05, 0) is 55.0 Å². The van der Waals surface area contributed by atoms with E-state index in [4.69, 9.17) is 11.6 Å². The van der Waals surface area contributed by atoms with Crippen LogP contribution in [0.25, 0.3) is 54.6 Å². The third kappa shape index (κ3) is 1.58. The van der Waals surface area contributed by atoms with Crippen LogP contribution in [0.4, 0.5) is 0 Å². The average Bonchev–Trinajstić information content (AvgIpc) is 3.21. The standard InChI is InChI=1S/C25H15ClN2/c1-14-11-19-18-13-15(26)9-10-21(18)27-22-8-4-6-17-16-5-2-3-7-20(16)28(24(17)22)23(12-14)25(19)27/h2-13H,1H3. The van der Waals surface area contributed by atoms with Crippen molar-refractivity contribution in [2.24, 2.45) is 0 Å². The minimum absolute atomic E-state index is 0.775. The summed E-state index contributed by atoms with van der Waals surface area (Å²) in [6.07, 6.45) is 0. The third-order valence-electron chi connectivity index (χ3n) is 6.10. The van der Waals surface area contributed by atoms with Crippen LogP contribution in [0.15, 0.2) is 72.8 Å². The fraction of sp³-hybridized carbons (Fsp3) is 0.0400. The van der Waals surface area contributed by atoms with Crippen molar-refractivity contribution in [2.75, 3.05) is 0 Å². The summed E-state index contributed by atoms with van der Waals surface area (Å²) < 4.78 is 4.85. The number of fused-ring (bicyclic) bond motifs is 8. The van der Waals surface area contributed by atoms with E-state index in [1.54, 1.807) is 0 Å². The lowest BCUT2D eigenvalue weighted by molar-refractivity contribution is 1.25. The summed E-state index contributed by atoms with van der Waals surface area (Å²) in [7, 11) is 0. The molecule has 3 heterocycles. The Balaban J connectivity index is 1.98. The Morgan fingerprint density at radius 2 is 1.29 bits per heavy atom. The summed E-state index contributed by atoms with van der Waals surface area (Å²) in [5.74, 6) is 0. The predicted octanol–water partition coefficient (Wildman–Crippen LogP) is 7.20. The first-order chi connectivity index (χ1) is 13.7. The van der Waals surface area contributed by atoms with Gasteiger partial charge in [0, 0.05) is 26.6 Å². The normalized spacial score (nSPS) is 12.6. The zero-order valence-corrected chi connectivity index (χ0v) is 16.0. The number of aromatic nitrogens is 2. The molecule has 0 bridgehead atoms. The summed E-state index contributed by atoms with van der Waals surface area (Å²) in [5, 5.41) is 5.83. The smallest absolute Gasteiger partial charge is 0.0783 e. The largest absolute Gasteiger partial charge is 0.305 e. The van der Waals surface area contributed by atoms with Crippen LogP contribution in [-0.4, -0.2) is 8.80 Å². The van der Waals surface area contributed by atoms with E-state index < -0.39 is 0 Å². The monoisotopic (exact) mass is 378 g/mol. The van der Waals surface area contributed by atoms with Crippen LogP contribution >= 0.6 is 11.6 Å². The van der Waals surface area contributed by atoms with E-state index in [9.17, 15) is 0 Å². The molecule has 0 aliphatic rings. The van der Waals surface area contributed by atoms with Gasteiger partial charge in [0.25, 0.3) is 0 Å². The van der Waals surface area contributed by atoms with Gasteiger partial charge in [0.1, 0.15) is 0 Å². The highest BCUT2D eigenvalue weighted by Gasteiger charge is 2.20. The summed E-state index contributed by atoms with van der Waals surface area (Å²) in [6.45, 7) is 2.17. The molecule has 0 amide bonds. The first-order valence-corrected chi connectivity index (χ1v) is 9.87.